The quantitative estimate of drug-likeness (QED) is 0.825. The third kappa shape index (κ3) is 2.87. The molecular formula is C18H16Cl2N2O2. The second-order valence-corrected chi connectivity index (χ2v) is 6.60. The van der Waals surface area contributed by atoms with E-state index in [2.05, 4.69) is 5.32 Å². The van der Waals surface area contributed by atoms with Crippen LogP contribution in [0.4, 0.5) is 11.4 Å². The summed E-state index contributed by atoms with van der Waals surface area (Å²) in [5, 5.41) is 3.77. The first-order valence-corrected chi connectivity index (χ1v) is 8.29. The highest BCUT2D eigenvalue weighted by Crippen LogP contribution is 2.33. The zero-order valence-corrected chi connectivity index (χ0v) is 14.8. The van der Waals surface area contributed by atoms with Gasteiger partial charge < -0.3 is 5.32 Å². The summed E-state index contributed by atoms with van der Waals surface area (Å²) >= 11 is 12.2. The van der Waals surface area contributed by atoms with Gasteiger partial charge in [-0.15, -0.1) is 0 Å². The van der Waals surface area contributed by atoms with E-state index in [-0.39, 0.29) is 18.2 Å². The normalized spacial score (nSPS) is 17.5. The predicted molar refractivity (Wildman–Crippen MR) is 96.9 cm³/mol. The number of anilines is 2. The van der Waals surface area contributed by atoms with Crippen molar-refractivity contribution in [3.05, 3.63) is 57.6 Å². The second-order valence-electron chi connectivity index (χ2n) is 5.81. The van der Waals surface area contributed by atoms with E-state index in [0.717, 1.165) is 11.1 Å². The Balaban J connectivity index is 1.91. The molecule has 1 saturated heterocycles. The molecule has 2 aromatic rings. The van der Waals surface area contributed by atoms with E-state index in [1.165, 1.54) is 4.90 Å². The zero-order valence-electron chi connectivity index (χ0n) is 13.3. The maximum Gasteiger partial charge on any atom is 0.256 e. The summed E-state index contributed by atoms with van der Waals surface area (Å²) in [5.41, 5.74) is 2.98. The molecular weight excluding hydrogens is 347 g/mol. The molecule has 1 fully saturated rings. The summed E-state index contributed by atoms with van der Waals surface area (Å²) in [7, 11) is 0. The van der Waals surface area contributed by atoms with Gasteiger partial charge in [0.05, 0.1) is 27.8 Å². The Morgan fingerprint density at radius 1 is 1.04 bits per heavy atom. The van der Waals surface area contributed by atoms with Gasteiger partial charge in [0, 0.05) is 0 Å². The van der Waals surface area contributed by atoms with E-state index in [1.807, 2.05) is 32.0 Å². The Kier molecular flexibility index (Phi) is 4.52. The number of para-hydroxylation sites is 1. The number of halogens is 2. The van der Waals surface area contributed by atoms with Crippen molar-refractivity contribution in [2.24, 2.45) is 0 Å². The summed E-state index contributed by atoms with van der Waals surface area (Å²) in [4.78, 5) is 26.5. The number of amides is 2. The van der Waals surface area contributed by atoms with Crippen molar-refractivity contribution in [3.63, 3.8) is 0 Å². The molecule has 3 rings (SSSR count). The highest BCUT2D eigenvalue weighted by molar-refractivity contribution is 6.43. The lowest BCUT2D eigenvalue weighted by Gasteiger charge is -2.20. The Hall–Kier alpha value is -2.04. The zero-order chi connectivity index (χ0) is 17.4. The van der Waals surface area contributed by atoms with E-state index < -0.39 is 6.04 Å². The summed E-state index contributed by atoms with van der Waals surface area (Å²) in [6, 6.07) is 10.1. The predicted octanol–water partition coefficient (Wildman–Crippen LogP) is 4.35. The number of nitrogens with one attached hydrogen (secondary N) is 1. The monoisotopic (exact) mass is 362 g/mol. The molecule has 1 aliphatic rings. The van der Waals surface area contributed by atoms with E-state index in [9.17, 15) is 9.59 Å². The topological polar surface area (TPSA) is 49.4 Å². The molecule has 2 aromatic carbocycles. The van der Waals surface area contributed by atoms with Crippen molar-refractivity contribution in [2.75, 3.05) is 10.2 Å². The number of aryl methyl sites for hydroxylation is 2. The molecule has 0 spiro atoms. The number of hydrogen-bond acceptors (Lipinski definition) is 3. The van der Waals surface area contributed by atoms with Gasteiger partial charge in [0.1, 0.15) is 6.04 Å². The molecule has 2 amide bonds. The van der Waals surface area contributed by atoms with Crippen LogP contribution in [-0.4, -0.2) is 17.9 Å². The lowest BCUT2D eigenvalue weighted by atomic mass is 10.1. The summed E-state index contributed by atoms with van der Waals surface area (Å²) in [6.45, 7) is 3.77. The first-order valence-electron chi connectivity index (χ1n) is 7.53. The Bertz CT molecular complexity index is 816. The summed E-state index contributed by atoms with van der Waals surface area (Å²) in [6.07, 6.45) is 0.0788. The molecule has 1 aliphatic heterocycles. The Morgan fingerprint density at radius 3 is 2.33 bits per heavy atom. The fourth-order valence-electron chi connectivity index (χ4n) is 2.94. The number of imide groups is 1. The highest BCUT2D eigenvalue weighted by Gasteiger charge is 2.40. The minimum absolute atomic E-state index is 0.0788. The van der Waals surface area contributed by atoms with E-state index in [4.69, 9.17) is 23.2 Å². The number of nitrogens with zero attached hydrogens (tertiary/aromatic N) is 1. The maximum atomic E-state index is 12.8. The van der Waals surface area contributed by atoms with Gasteiger partial charge in [0.25, 0.3) is 5.91 Å². The lowest BCUT2D eigenvalue weighted by Crippen LogP contribution is -2.35. The Labute approximate surface area is 150 Å². The number of carbonyl (C=O) groups is 2. The van der Waals surface area contributed by atoms with Gasteiger partial charge in [-0.2, -0.15) is 0 Å². The van der Waals surface area contributed by atoms with E-state index in [1.54, 1.807) is 18.2 Å². The fourth-order valence-corrected chi connectivity index (χ4v) is 3.30. The van der Waals surface area contributed by atoms with E-state index in [0.29, 0.717) is 21.4 Å². The van der Waals surface area contributed by atoms with Gasteiger partial charge >= 0.3 is 0 Å². The van der Waals surface area contributed by atoms with Crippen molar-refractivity contribution in [1.29, 1.82) is 0 Å². The molecule has 4 nitrogen and oxygen atoms in total. The largest absolute Gasteiger partial charge is 0.372 e. The van der Waals surface area contributed by atoms with Gasteiger partial charge in [0.15, 0.2) is 0 Å². The third-order valence-electron chi connectivity index (χ3n) is 4.09. The standard InChI is InChI=1S/C18H16Cl2N2O2/c1-10-5-3-6-11(2)17(10)22-15(23)9-14(18(22)24)21-13-8-4-7-12(19)16(13)20/h3-8,14,21H,9H2,1-2H3. The van der Waals surface area contributed by atoms with E-state index >= 15 is 0 Å². The van der Waals surface area contributed by atoms with Crippen LogP contribution in [0.15, 0.2) is 36.4 Å². The van der Waals surface area contributed by atoms with Gasteiger partial charge in [-0.05, 0) is 37.1 Å². The van der Waals surface area contributed by atoms with Crippen molar-refractivity contribution >= 4 is 46.4 Å². The molecule has 0 saturated carbocycles. The SMILES string of the molecule is Cc1cccc(C)c1N1C(=O)CC(Nc2cccc(Cl)c2Cl)C1=O. The minimum Gasteiger partial charge on any atom is -0.372 e. The molecule has 0 bridgehead atoms. The van der Waals surface area contributed by atoms with Crippen LogP contribution in [0.25, 0.3) is 0 Å². The van der Waals surface area contributed by atoms with Crippen LogP contribution < -0.4 is 10.2 Å². The van der Waals surface area contributed by atoms with Crippen LogP contribution in [-0.2, 0) is 9.59 Å². The van der Waals surface area contributed by atoms with Crippen LogP contribution in [0, 0.1) is 13.8 Å². The van der Waals surface area contributed by atoms with Crippen molar-refractivity contribution < 1.29 is 9.59 Å². The van der Waals surface area contributed by atoms with Crippen molar-refractivity contribution in [2.45, 2.75) is 26.3 Å². The molecule has 1 atom stereocenters. The molecule has 1 N–H and O–H groups in total. The van der Waals surface area contributed by atoms with Gasteiger partial charge in [0.2, 0.25) is 5.91 Å². The summed E-state index contributed by atoms with van der Waals surface area (Å²) in [5.74, 6) is -0.513. The number of rotatable bonds is 3. The fraction of sp³-hybridized carbons (Fsp3) is 0.222. The number of benzene rings is 2. The highest BCUT2D eigenvalue weighted by atomic mass is 35.5. The van der Waals surface area contributed by atoms with Crippen LogP contribution >= 0.6 is 23.2 Å². The smallest absolute Gasteiger partial charge is 0.256 e. The van der Waals surface area contributed by atoms with Gasteiger partial charge in [-0.3, -0.25) is 9.59 Å². The van der Waals surface area contributed by atoms with Crippen LogP contribution in [0.2, 0.25) is 10.0 Å². The number of hydrogen-bond donors (Lipinski definition) is 1. The minimum atomic E-state index is -0.660. The molecule has 24 heavy (non-hydrogen) atoms. The van der Waals surface area contributed by atoms with Gasteiger partial charge in [-0.1, -0.05) is 47.5 Å². The molecule has 0 aromatic heterocycles. The summed E-state index contributed by atoms with van der Waals surface area (Å²) < 4.78 is 0. The maximum absolute atomic E-state index is 12.8. The molecule has 0 aliphatic carbocycles. The van der Waals surface area contributed by atoms with Crippen LogP contribution in [0.5, 0.6) is 0 Å². The first-order chi connectivity index (χ1) is 11.4. The average Bonchev–Trinajstić information content (AvgIpc) is 2.79. The molecule has 124 valence electrons. The molecule has 6 heteroatoms. The first kappa shape index (κ1) is 16.8. The van der Waals surface area contributed by atoms with Crippen molar-refractivity contribution in [1.82, 2.24) is 0 Å². The van der Waals surface area contributed by atoms with Crippen LogP contribution in [0.1, 0.15) is 17.5 Å². The lowest BCUT2D eigenvalue weighted by molar-refractivity contribution is -0.121. The van der Waals surface area contributed by atoms with Crippen molar-refractivity contribution in [3.8, 4) is 0 Å². The average molecular weight is 363 g/mol. The Morgan fingerprint density at radius 2 is 1.67 bits per heavy atom. The molecule has 1 unspecified atom stereocenters. The van der Waals surface area contributed by atoms with Crippen LogP contribution in [0.3, 0.4) is 0 Å². The third-order valence-corrected chi connectivity index (χ3v) is 4.91. The van der Waals surface area contributed by atoms with Gasteiger partial charge in [-0.25, -0.2) is 4.90 Å². The number of carbonyl (C=O) groups excluding carboxylic acids is 2. The second kappa shape index (κ2) is 6.46. The molecule has 0 radical (unpaired) electrons. The molecule has 1 heterocycles.